The second kappa shape index (κ2) is 6.52. The highest BCUT2D eigenvalue weighted by atomic mass is 35.5. The first kappa shape index (κ1) is 15.2. The topological polar surface area (TPSA) is 44.4 Å². The molecule has 0 aromatic heterocycles. The highest BCUT2D eigenvalue weighted by molar-refractivity contribution is 6.30. The SMILES string of the molecule is CNC(=O)C1CNCCN1C(C)c1ccc(F)c(Cl)c1. The molecule has 1 aromatic carbocycles. The van der Waals surface area contributed by atoms with Gasteiger partial charge in [0, 0.05) is 32.7 Å². The molecule has 2 rings (SSSR count). The van der Waals surface area contributed by atoms with Crippen LogP contribution in [0.4, 0.5) is 4.39 Å². The molecule has 1 aromatic rings. The van der Waals surface area contributed by atoms with Crippen molar-refractivity contribution in [3.63, 3.8) is 0 Å². The fourth-order valence-corrected chi connectivity index (χ4v) is 2.75. The van der Waals surface area contributed by atoms with Crippen LogP contribution < -0.4 is 10.6 Å². The van der Waals surface area contributed by atoms with E-state index in [4.69, 9.17) is 11.6 Å². The number of likely N-dealkylation sites (N-methyl/N-ethyl adjacent to an activating group) is 1. The van der Waals surface area contributed by atoms with E-state index < -0.39 is 5.82 Å². The third kappa shape index (κ3) is 3.11. The van der Waals surface area contributed by atoms with E-state index in [9.17, 15) is 9.18 Å². The Balaban J connectivity index is 2.22. The maximum atomic E-state index is 13.2. The lowest BCUT2D eigenvalue weighted by molar-refractivity contribution is -0.127. The Morgan fingerprint density at radius 1 is 1.60 bits per heavy atom. The predicted octanol–water partition coefficient (Wildman–Crippen LogP) is 1.56. The zero-order valence-electron chi connectivity index (χ0n) is 11.6. The summed E-state index contributed by atoms with van der Waals surface area (Å²) < 4.78 is 13.2. The summed E-state index contributed by atoms with van der Waals surface area (Å²) in [5.41, 5.74) is 0.909. The molecule has 1 saturated heterocycles. The minimum absolute atomic E-state index is 0.00231. The maximum Gasteiger partial charge on any atom is 0.238 e. The third-order valence-corrected chi connectivity index (χ3v) is 4.05. The summed E-state index contributed by atoms with van der Waals surface area (Å²) in [6.07, 6.45) is 0. The van der Waals surface area contributed by atoms with Crippen LogP contribution in [0.2, 0.25) is 5.02 Å². The molecule has 2 unspecified atom stereocenters. The molecule has 6 heteroatoms. The second-order valence-electron chi connectivity index (χ2n) is 4.92. The van der Waals surface area contributed by atoms with Gasteiger partial charge in [-0.2, -0.15) is 0 Å². The number of nitrogens with zero attached hydrogens (tertiary/aromatic N) is 1. The van der Waals surface area contributed by atoms with Crippen molar-refractivity contribution in [1.82, 2.24) is 15.5 Å². The van der Waals surface area contributed by atoms with Gasteiger partial charge in [-0.1, -0.05) is 17.7 Å². The molecule has 2 atom stereocenters. The number of piperazine rings is 1. The summed E-state index contributed by atoms with van der Waals surface area (Å²) in [7, 11) is 1.63. The van der Waals surface area contributed by atoms with Crippen LogP contribution in [0.5, 0.6) is 0 Å². The number of nitrogens with one attached hydrogen (secondary N) is 2. The van der Waals surface area contributed by atoms with E-state index in [-0.39, 0.29) is 23.0 Å². The van der Waals surface area contributed by atoms with Crippen molar-refractivity contribution in [3.05, 3.63) is 34.6 Å². The minimum Gasteiger partial charge on any atom is -0.358 e. The van der Waals surface area contributed by atoms with E-state index in [0.29, 0.717) is 6.54 Å². The average molecular weight is 300 g/mol. The lowest BCUT2D eigenvalue weighted by atomic mass is 10.0. The van der Waals surface area contributed by atoms with Gasteiger partial charge in [0.05, 0.1) is 5.02 Å². The van der Waals surface area contributed by atoms with Gasteiger partial charge in [0.1, 0.15) is 11.9 Å². The highest BCUT2D eigenvalue weighted by Gasteiger charge is 2.31. The van der Waals surface area contributed by atoms with Crippen molar-refractivity contribution in [2.75, 3.05) is 26.7 Å². The Kier molecular flexibility index (Phi) is 4.96. The molecule has 1 aliphatic heterocycles. The molecule has 0 bridgehead atoms. The summed E-state index contributed by atoms with van der Waals surface area (Å²) in [5.74, 6) is -0.442. The van der Waals surface area contributed by atoms with Gasteiger partial charge in [0.25, 0.3) is 0 Å². The molecule has 0 radical (unpaired) electrons. The Morgan fingerprint density at radius 3 is 3.00 bits per heavy atom. The zero-order chi connectivity index (χ0) is 14.7. The fraction of sp³-hybridized carbons (Fsp3) is 0.500. The Bertz CT molecular complexity index is 497. The predicted molar refractivity (Wildman–Crippen MR) is 77.3 cm³/mol. The molecule has 1 heterocycles. The van der Waals surface area contributed by atoms with E-state index in [1.54, 1.807) is 19.2 Å². The minimum atomic E-state index is -0.425. The van der Waals surface area contributed by atoms with Gasteiger partial charge in [0.2, 0.25) is 5.91 Å². The van der Waals surface area contributed by atoms with Crippen LogP contribution in [-0.2, 0) is 4.79 Å². The van der Waals surface area contributed by atoms with Crippen molar-refractivity contribution in [1.29, 1.82) is 0 Å². The molecule has 1 amide bonds. The normalized spacial score (nSPS) is 21.5. The van der Waals surface area contributed by atoms with E-state index in [0.717, 1.165) is 18.7 Å². The number of rotatable bonds is 3. The smallest absolute Gasteiger partial charge is 0.238 e. The number of benzene rings is 1. The van der Waals surface area contributed by atoms with Gasteiger partial charge in [-0.25, -0.2) is 4.39 Å². The molecule has 0 aliphatic carbocycles. The summed E-state index contributed by atoms with van der Waals surface area (Å²) in [6.45, 7) is 4.20. The molecule has 4 nitrogen and oxygen atoms in total. The summed E-state index contributed by atoms with van der Waals surface area (Å²) in [6, 6.07) is 4.48. The number of amides is 1. The van der Waals surface area contributed by atoms with Crippen molar-refractivity contribution in [3.8, 4) is 0 Å². The first-order valence-corrected chi connectivity index (χ1v) is 7.05. The molecule has 1 fully saturated rings. The highest BCUT2D eigenvalue weighted by Crippen LogP contribution is 2.27. The molecule has 1 aliphatic rings. The molecule has 2 N–H and O–H groups in total. The standard InChI is InChI=1S/C14H19ClFN3O/c1-9(10-3-4-12(16)11(15)7-10)19-6-5-18-8-13(19)14(20)17-2/h3-4,7,9,13,18H,5-6,8H2,1-2H3,(H,17,20). The first-order valence-electron chi connectivity index (χ1n) is 6.67. The summed E-state index contributed by atoms with van der Waals surface area (Å²) >= 11 is 5.84. The lowest BCUT2D eigenvalue weighted by Gasteiger charge is -2.39. The second-order valence-corrected chi connectivity index (χ2v) is 5.33. The van der Waals surface area contributed by atoms with Crippen LogP contribution in [0.15, 0.2) is 18.2 Å². The van der Waals surface area contributed by atoms with E-state index in [1.165, 1.54) is 6.07 Å². The van der Waals surface area contributed by atoms with Crippen molar-refractivity contribution >= 4 is 17.5 Å². The number of hydrogen-bond donors (Lipinski definition) is 2. The first-order chi connectivity index (χ1) is 9.54. The largest absolute Gasteiger partial charge is 0.358 e. The van der Waals surface area contributed by atoms with Crippen molar-refractivity contribution in [2.45, 2.75) is 19.0 Å². The average Bonchev–Trinajstić information content (AvgIpc) is 2.48. The number of hydrogen-bond acceptors (Lipinski definition) is 3. The van der Waals surface area contributed by atoms with Gasteiger partial charge >= 0.3 is 0 Å². The van der Waals surface area contributed by atoms with Gasteiger partial charge in [-0.3, -0.25) is 9.69 Å². The fourth-order valence-electron chi connectivity index (χ4n) is 2.56. The molecule has 20 heavy (non-hydrogen) atoms. The Labute approximate surface area is 123 Å². The molecular weight excluding hydrogens is 281 g/mol. The summed E-state index contributed by atoms with van der Waals surface area (Å²) in [5, 5.41) is 6.02. The van der Waals surface area contributed by atoms with Crippen LogP contribution >= 0.6 is 11.6 Å². The lowest BCUT2D eigenvalue weighted by Crippen LogP contribution is -2.57. The van der Waals surface area contributed by atoms with Crippen LogP contribution in [0, 0.1) is 5.82 Å². The zero-order valence-corrected chi connectivity index (χ0v) is 12.4. The monoisotopic (exact) mass is 299 g/mol. The van der Waals surface area contributed by atoms with Crippen LogP contribution in [0.1, 0.15) is 18.5 Å². The van der Waals surface area contributed by atoms with E-state index >= 15 is 0 Å². The third-order valence-electron chi connectivity index (χ3n) is 3.76. The van der Waals surface area contributed by atoms with Gasteiger partial charge < -0.3 is 10.6 Å². The Hall–Kier alpha value is -1.17. The van der Waals surface area contributed by atoms with Gasteiger partial charge in [0.15, 0.2) is 0 Å². The maximum absolute atomic E-state index is 13.2. The Morgan fingerprint density at radius 2 is 2.35 bits per heavy atom. The number of carbonyl (C=O) groups excluding carboxylic acids is 1. The number of carbonyl (C=O) groups is 1. The molecule has 0 spiro atoms. The molecular formula is C14H19ClFN3O. The molecule has 0 saturated carbocycles. The van der Waals surface area contributed by atoms with E-state index in [1.807, 2.05) is 6.92 Å². The summed E-state index contributed by atoms with van der Waals surface area (Å²) in [4.78, 5) is 14.1. The molecule has 110 valence electrons. The van der Waals surface area contributed by atoms with Gasteiger partial charge in [-0.15, -0.1) is 0 Å². The van der Waals surface area contributed by atoms with E-state index in [2.05, 4.69) is 15.5 Å². The van der Waals surface area contributed by atoms with Crippen molar-refractivity contribution in [2.24, 2.45) is 0 Å². The van der Waals surface area contributed by atoms with Crippen LogP contribution in [-0.4, -0.2) is 43.5 Å². The van der Waals surface area contributed by atoms with Crippen LogP contribution in [0.3, 0.4) is 0 Å². The quantitative estimate of drug-likeness (QED) is 0.890. The number of halogens is 2. The van der Waals surface area contributed by atoms with Crippen molar-refractivity contribution < 1.29 is 9.18 Å². The van der Waals surface area contributed by atoms with Crippen LogP contribution in [0.25, 0.3) is 0 Å². The van der Waals surface area contributed by atoms with Gasteiger partial charge in [-0.05, 0) is 24.6 Å².